The van der Waals surface area contributed by atoms with Crippen LogP contribution >= 0.6 is 7.60 Å². The fourth-order valence-electron chi connectivity index (χ4n) is 7.45. The number of aliphatic carboxylic acids is 1. The van der Waals surface area contributed by atoms with Gasteiger partial charge in [-0.3, -0.25) is 9.36 Å². The van der Waals surface area contributed by atoms with E-state index in [-0.39, 0.29) is 29.8 Å². The minimum atomic E-state index is -4.58. The maximum Gasteiger partial charge on any atom is 0.356 e. The molecule has 5 unspecified atom stereocenters. The molecule has 0 spiro atoms. The fourth-order valence-corrected chi connectivity index (χ4v) is 7.99. The number of carbonyl (C=O) groups excluding carboxylic acids is 1. The Balaban J connectivity index is 1.27. The molecule has 3 aliphatic heterocycles. The Morgan fingerprint density at radius 2 is 1.50 bits per heavy atom. The summed E-state index contributed by atoms with van der Waals surface area (Å²) >= 11 is 0. The molecule has 2 fully saturated rings. The van der Waals surface area contributed by atoms with E-state index in [1.165, 1.54) is 59.5 Å². The Labute approximate surface area is 340 Å². The first-order chi connectivity index (χ1) is 28.5. The van der Waals surface area contributed by atoms with Crippen molar-refractivity contribution >= 4 is 30.5 Å². The molecule has 7 rings (SSSR count). The fraction of sp³-hybridized carbons (Fsp3) is 0.317. The van der Waals surface area contributed by atoms with Crippen LogP contribution in [0.4, 0.5) is 10.1 Å². The molecule has 0 radical (unpaired) electrons. The number of carboxylic acids is 1. The molecule has 0 aromatic heterocycles. The molecule has 11 atom stereocenters. The van der Waals surface area contributed by atoms with Gasteiger partial charge in [0.1, 0.15) is 48.3 Å². The van der Waals surface area contributed by atoms with E-state index in [1.54, 1.807) is 42.5 Å². The molecule has 60 heavy (non-hydrogen) atoms. The molecule has 0 aliphatic carbocycles. The van der Waals surface area contributed by atoms with Crippen molar-refractivity contribution in [1.29, 1.82) is 0 Å². The molecule has 17 nitrogen and oxygen atoms in total. The molecular formula is C41H41FNO16P. The van der Waals surface area contributed by atoms with Crippen LogP contribution in [-0.4, -0.2) is 107 Å². The highest BCUT2D eigenvalue weighted by Crippen LogP contribution is 2.50. The van der Waals surface area contributed by atoms with Crippen molar-refractivity contribution in [2.24, 2.45) is 5.92 Å². The largest absolute Gasteiger partial charge is 0.506 e. The van der Waals surface area contributed by atoms with E-state index in [1.807, 2.05) is 0 Å². The van der Waals surface area contributed by atoms with Crippen LogP contribution in [0.2, 0.25) is 0 Å². The van der Waals surface area contributed by atoms with Crippen molar-refractivity contribution in [2.45, 2.75) is 74.2 Å². The van der Waals surface area contributed by atoms with Crippen LogP contribution in [-0.2, 0) is 28.4 Å². The Morgan fingerprint density at radius 1 is 0.833 bits per heavy atom. The van der Waals surface area contributed by atoms with Crippen LogP contribution in [0.25, 0.3) is 11.1 Å². The SMILES string of the molecule is O=C(O)C1O[C@@H](Oc2cc(-c3ccc(P(=O)(O)O)cc3)ccc2[C@@H]2[C@@H](CC[C@H](O[C@@H]3OC=C(O)C(O)C3O)c3ccc(F)cc3)C(=O)N2c2ccccc2)C(O)C(O)[C@@H]1O. The van der Waals surface area contributed by atoms with Crippen molar-refractivity contribution in [3.8, 4) is 16.9 Å². The number of amides is 1. The molecule has 318 valence electrons. The lowest BCUT2D eigenvalue weighted by Gasteiger charge is -2.48. The molecule has 1 amide bonds. The highest BCUT2D eigenvalue weighted by Gasteiger charge is 2.52. The second-order valence-corrected chi connectivity index (χ2v) is 16.1. The minimum absolute atomic E-state index is 0.0502. The van der Waals surface area contributed by atoms with Crippen LogP contribution in [0.5, 0.6) is 5.75 Å². The summed E-state index contributed by atoms with van der Waals surface area (Å²) in [4.78, 5) is 47.0. The second-order valence-electron chi connectivity index (χ2n) is 14.5. The summed E-state index contributed by atoms with van der Waals surface area (Å²) in [6.45, 7) is 0. The lowest BCUT2D eigenvalue weighted by molar-refractivity contribution is -0.271. The first-order valence-electron chi connectivity index (χ1n) is 18.6. The zero-order valence-electron chi connectivity index (χ0n) is 31.2. The summed E-state index contributed by atoms with van der Waals surface area (Å²) in [6.07, 6.45) is -14.8. The molecule has 3 aliphatic rings. The quantitative estimate of drug-likeness (QED) is 0.0690. The number of aliphatic hydroxyl groups excluding tert-OH is 6. The van der Waals surface area contributed by atoms with Crippen molar-refractivity contribution < 1.29 is 83.0 Å². The third kappa shape index (κ3) is 8.66. The van der Waals surface area contributed by atoms with Crippen LogP contribution in [0.3, 0.4) is 0 Å². The smallest absolute Gasteiger partial charge is 0.356 e. The number of carboxylic acid groups (broad SMARTS) is 1. The first kappa shape index (κ1) is 42.9. The first-order valence-corrected chi connectivity index (χ1v) is 20.2. The van der Waals surface area contributed by atoms with Crippen molar-refractivity contribution in [3.63, 3.8) is 0 Å². The number of hydrogen-bond donors (Lipinski definition) is 9. The minimum Gasteiger partial charge on any atom is -0.506 e. The van der Waals surface area contributed by atoms with E-state index in [0.717, 1.165) is 6.26 Å². The summed E-state index contributed by atoms with van der Waals surface area (Å²) in [7, 11) is -4.58. The van der Waals surface area contributed by atoms with Gasteiger partial charge in [0.15, 0.2) is 11.9 Å². The molecular weight excluding hydrogens is 812 g/mol. The summed E-state index contributed by atoms with van der Waals surface area (Å²) in [5, 5.41) is 72.1. The van der Waals surface area contributed by atoms with Gasteiger partial charge in [-0.25, -0.2) is 9.18 Å². The average Bonchev–Trinajstić information content (AvgIpc) is 3.23. The Kier molecular flexibility index (Phi) is 12.4. The van der Waals surface area contributed by atoms with Gasteiger partial charge >= 0.3 is 13.6 Å². The molecule has 3 heterocycles. The third-order valence-corrected chi connectivity index (χ3v) is 11.7. The number of anilines is 1. The number of benzene rings is 4. The predicted octanol–water partition coefficient (Wildman–Crippen LogP) is 2.29. The second kappa shape index (κ2) is 17.4. The standard InChI is InChI=1S/C41H41FNO16P/c42-23-11-6-21(7-12-23)29(57-40-35(48)32(45)28(44)19-56-40)17-16-27-31(43(38(27)50)24-4-2-1-3-5-24)26-15-10-22(20-8-13-25(14-9-20)60(53,54)55)18-30(26)58-41-36(49)33(46)34(47)37(59-41)39(51)52/h1-15,18-19,27,29,31-37,40-41,44-49H,16-17H2,(H,51,52)(H2,53,54,55)/t27-,29+,31-,32?,33?,34+,35?,36?,37?,40+,41-/m1/s1. The maximum absolute atomic E-state index is 14.2. The zero-order valence-corrected chi connectivity index (χ0v) is 32.1. The van der Waals surface area contributed by atoms with Gasteiger partial charge in [0.05, 0.1) is 23.4 Å². The van der Waals surface area contributed by atoms with Gasteiger partial charge in [-0.05, 0) is 72.0 Å². The summed E-state index contributed by atoms with van der Waals surface area (Å²) in [6, 6.07) is 23.1. The van der Waals surface area contributed by atoms with Crippen LogP contribution in [0.15, 0.2) is 109 Å². The average molecular weight is 854 g/mol. The van der Waals surface area contributed by atoms with Crippen molar-refractivity contribution in [2.75, 3.05) is 4.90 Å². The number of carbonyl (C=O) groups is 2. The highest BCUT2D eigenvalue weighted by molar-refractivity contribution is 7.60. The normalized spacial score (nSPS) is 28.6. The van der Waals surface area contributed by atoms with E-state index < -0.39 is 92.4 Å². The van der Waals surface area contributed by atoms with Gasteiger partial charge in [0.2, 0.25) is 18.5 Å². The van der Waals surface area contributed by atoms with Crippen LogP contribution in [0.1, 0.15) is 36.1 Å². The molecule has 9 N–H and O–H groups in total. The monoisotopic (exact) mass is 853 g/mol. The number of nitrogens with zero attached hydrogens (tertiary/aromatic N) is 1. The molecule has 19 heteroatoms. The zero-order chi connectivity index (χ0) is 43.0. The van der Waals surface area contributed by atoms with E-state index in [4.69, 9.17) is 18.9 Å². The van der Waals surface area contributed by atoms with Crippen molar-refractivity contribution in [1.82, 2.24) is 0 Å². The topological polar surface area (TPSA) is 273 Å². The van der Waals surface area contributed by atoms with Crippen LogP contribution < -0.4 is 14.9 Å². The van der Waals surface area contributed by atoms with Crippen molar-refractivity contribution in [3.05, 3.63) is 126 Å². The Bertz CT molecular complexity index is 2260. The molecule has 4 aromatic rings. The number of ether oxygens (including phenoxy) is 4. The van der Waals surface area contributed by atoms with Gasteiger partial charge in [0.25, 0.3) is 0 Å². The van der Waals surface area contributed by atoms with E-state index in [9.17, 15) is 64.1 Å². The highest BCUT2D eigenvalue weighted by atomic mass is 31.2. The molecule has 2 saturated heterocycles. The predicted molar refractivity (Wildman–Crippen MR) is 206 cm³/mol. The summed E-state index contributed by atoms with van der Waals surface area (Å²) in [5.41, 5.74) is 2.10. The number of aliphatic hydroxyl groups is 6. The van der Waals surface area contributed by atoms with E-state index in [2.05, 4.69) is 0 Å². The number of β-lactam (4-membered cyclic amide) rings is 1. The maximum atomic E-state index is 14.2. The molecule has 0 saturated carbocycles. The van der Waals surface area contributed by atoms with E-state index >= 15 is 0 Å². The molecule has 4 aromatic carbocycles. The Morgan fingerprint density at radius 3 is 2.15 bits per heavy atom. The Hall–Kier alpha value is -5.24. The lowest BCUT2D eigenvalue weighted by atomic mass is 9.77. The number of rotatable bonds is 13. The van der Waals surface area contributed by atoms with Gasteiger partial charge in [-0.15, -0.1) is 0 Å². The summed E-state index contributed by atoms with van der Waals surface area (Å²) in [5.74, 6) is -4.06. The number of halogens is 1. The van der Waals surface area contributed by atoms with Gasteiger partial charge < -0.3 is 69.4 Å². The third-order valence-electron chi connectivity index (χ3n) is 10.7. The lowest BCUT2D eigenvalue weighted by Crippen LogP contribution is -2.61. The van der Waals surface area contributed by atoms with Crippen LogP contribution in [0, 0.1) is 11.7 Å². The van der Waals surface area contributed by atoms with Gasteiger partial charge in [0, 0.05) is 11.3 Å². The summed E-state index contributed by atoms with van der Waals surface area (Å²) < 4.78 is 48.9. The number of hydrogen-bond acceptors (Lipinski definition) is 13. The van der Waals surface area contributed by atoms with Gasteiger partial charge in [-0.2, -0.15) is 0 Å². The van der Waals surface area contributed by atoms with E-state index in [0.29, 0.717) is 27.9 Å². The molecule has 0 bridgehead atoms. The van der Waals surface area contributed by atoms with Gasteiger partial charge in [-0.1, -0.05) is 54.6 Å². The number of para-hydroxylation sites is 1.